The first-order valence-electron chi connectivity index (χ1n) is 11.2. The van der Waals surface area contributed by atoms with Gasteiger partial charge in [-0.05, 0) is 69.0 Å². The lowest BCUT2D eigenvalue weighted by molar-refractivity contribution is -0.139. The number of amides is 2. The molecule has 0 bridgehead atoms. The molecule has 2 rings (SSSR count). The van der Waals surface area contributed by atoms with E-state index in [4.69, 9.17) is 11.6 Å². The lowest BCUT2D eigenvalue weighted by Crippen LogP contribution is -2.52. The Morgan fingerprint density at radius 2 is 1.74 bits per heavy atom. The van der Waals surface area contributed by atoms with E-state index in [1.807, 2.05) is 39.8 Å². The number of benzene rings is 2. The molecule has 0 heterocycles. The van der Waals surface area contributed by atoms with Crippen LogP contribution in [0.2, 0.25) is 5.02 Å². The Morgan fingerprint density at radius 1 is 1.09 bits per heavy atom. The normalized spacial score (nSPS) is 13.1. The van der Waals surface area contributed by atoms with Crippen molar-refractivity contribution in [1.29, 1.82) is 0 Å². The number of sulfonamides is 1. The van der Waals surface area contributed by atoms with E-state index in [0.717, 1.165) is 33.7 Å². The number of nitrogens with zero attached hydrogens (tertiary/aromatic N) is 2. The van der Waals surface area contributed by atoms with Crippen molar-refractivity contribution < 1.29 is 18.0 Å². The lowest BCUT2D eigenvalue weighted by Gasteiger charge is -2.32. The quantitative estimate of drug-likeness (QED) is 0.525. The first-order valence-corrected chi connectivity index (χ1v) is 13.5. The number of carbonyl (C=O) groups excluding carboxylic acids is 2. The fourth-order valence-corrected chi connectivity index (χ4v) is 4.59. The van der Waals surface area contributed by atoms with Crippen molar-refractivity contribution in [2.24, 2.45) is 0 Å². The number of carbonyl (C=O) groups is 2. The Bertz CT molecular complexity index is 1140. The van der Waals surface area contributed by atoms with Gasteiger partial charge in [0.1, 0.15) is 12.6 Å². The molecule has 0 radical (unpaired) electrons. The van der Waals surface area contributed by atoms with E-state index in [9.17, 15) is 18.0 Å². The predicted molar refractivity (Wildman–Crippen MR) is 137 cm³/mol. The molecule has 9 heteroatoms. The minimum absolute atomic E-state index is 0.0551. The van der Waals surface area contributed by atoms with Gasteiger partial charge >= 0.3 is 0 Å². The highest BCUT2D eigenvalue weighted by molar-refractivity contribution is 7.92. The number of halogens is 1. The zero-order chi connectivity index (χ0) is 25.6. The van der Waals surface area contributed by atoms with E-state index in [0.29, 0.717) is 10.7 Å². The standard InChI is InChI=1S/C25H34ClN3O4S/c1-7-18(3)27-25(31)20(5)28(15-21-11-9-12-22(26)14-21)24(30)16-29(34(6,32)33)23-13-8-10-17(2)19(23)4/h8-14,18,20H,7,15-16H2,1-6H3,(H,27,31). The van der Waals surface area contributed by atoms with Gasteiger partial charge in [-0.25, -0.2) is 8.42 Å². The molecule has 0 saturated heterocycles. The predicted octanol–water partition coefficient (Wildman–Crippen LogP) is 4.05. The molecule has 2 aromatic carbocycles. The van der Waals surface area contributed by atoms with Gasteiger partial charge < -0.3 is 10.2 Å². The largest absolute Gasteiger partial charge is 0.352 e. The Balaban J connectivity index is 2.43. The third-order valence-corrected chi connectivity index (χ3v) is 7.30. The second-order valence-corrected chi connectivity index (χ2v) is 11.0. The smallest absolute Gasteiger partial charge is 0.244 e. The first kappa shape index (κ1) is 27.7. The molecule has 2 amide bonds. The van der Waals surface area contributed by atoms with E-state index >= 15 is 0 Å². The third-order valence-electron chi connectivity index (χ3n) is 5.93. The van der Waals surface area contributed by atoms with Crippen molar-refractivity contribution in [3.8, 4) is 0 Å². The summed E-state index contributed by atoms with van der Waals surface area (Å²) in [4.78, 5) is 27.9. The Kier molecular flexibility index (Phi) is 9.53. The van der Waals surface area contributed by atoms with Crippen molar-refractivity contribution in [2.45, 2.75) is 59.7 Å². The van der Waals surface area contributed by atoms with Gasteiger partial charge in [0.15, 0.2) is 0 Å². The zero-order valence-electron chi connectivity index (χ0n) is 20.6. The number of aryl methyl sites for hydroxylation is 1. The Hall–Kier alpha value is -2.58. The van der Waals surface area contributed by atoms with Crippen LogP contribution in [0.4, 0.5) is 5.69 Å². The monoisotopic (exact) mass is 507 g/mol. The van der Waals surface area contributed by atoms with Gasteiger partial charge in [-0.3, -0.25) is 13.9 Å². The molecule has 2 aromatic rings. The number of hydrogen-bond donors (Lipinski definition) is 1. The van der Waals surface area contributed by atoms with Crippen molar-refractivity contribution in [2.75, 3.05) is 17.1 Å². The molecular formula is C25H34ClN3O4S. The molecule has 2 atom stereocenters. The number of nitrogens with one attached hydrogen (secondary N) is 1. The number of rotatable bonds is 10. The van der Waals surface area contributed by atoms with Gasteiger partial charge in [-0.15, -0.1) is 0 Å². The van der Waals surface area contributed by atoms with Crippen molar-refractivity contribution in [1.82, 2.24) is 10.2 Å². The molecule has 0 fully saturated rings. The topological polar surface area (TPSA) is 86.8 Å². The van der Waals surface area contributed by atoms with Crippen LogP contribution in [0.15, 0.2) is 42.5 Å². The summed E-state index contributed by atoms with van der Waals surface area (Å²) < 4.78 is 26.5. The van der Waals surface area contributed by atoms with Gasteiger partial charge in [0.2, 0.25) is 21.8 Å². The molecule has 0 aromatic heterocycles. The molecule has 0 aliphatic carbocycles. The van der Waals surface area contributed by atoms with Crippen LogP contribution in [0.3, 0.4) is 0 Å². The molecule has 34 heavy (non-hydrogen) atoms. The minimum atomic E-state index is -3.77. The fraction of sp³-hybridized carbons (Fsp3) is 0.440. The molecule has 7 nitrogen and oxygen atoms in total. The molecule has 0 aliphatic rings. The van der Waals surface area contributed by atoms with E-state index < -0.39 is 28.5 Å². The number of anilines is 1. The van der Waals surface area contributed by atoms with Crippen LogP contribution in [-0.4, -0.2) is 50.0 Å². The molecule has 2 unspecified atom stereocenters. The first-order chi connectivity index (χ1) is 15.8. The average Bonchev–Trinajstić information content (AvgIpc) is 2.76. The van der Waals surface area contributed by atoms with Crippen LogP contribution in [0.5, 0.6) is 0 Å². The third kappa shape index (κ3) is 7.21. The van der Waals surface area contributed by atoms with Crippen molar-refractivity contribution >= 4 is 39.1 Å². The maximum Gasteiger partial charge on any atom is 0.244 e. The summed E-state index contributed by atoms with van der Waals surface area (Å²) in [6.07, 6.45) is 1.82. The Morgan fingerprint density at radius 3 is 2.32 bits per heavy atom. The second-order valence-electron chi connectivity index (χ2n) is 8.63. The van der Waals surface area contributed by atoms with E-state index in [1.165, 1.54) is 4.90 Å². The van der Waals surface area contributed by atoms with Gasteiger partial charge in [0, 0.05) is 17.6 Å². The Labute approximate surface area is 208 Å². The van der Waals surface area contributed by atoms with Crippen molar-refractivity contribution in [3.63, 3.8) is 0 Å². The fourth-order valence-electron chi connectivity index (χ4n) is 3.48. The summed E-state index contributed by atoms with van der Waals surface area (Å²) in [5.41, 5.74) is 2.86. The second kappa shape index (κ2) is 11.7. The van der Waals surface area contributed by atoms with E-state index in [-0.39, 0.29) is 18.5 Å². The highest BCUT2D eigenvalue weighted by Gasteiger charge is 2.31. The average molecular weight is 508 g/mol. The molecular weight excluding hydrogens is 474 g/mol. The van der Waals surface area contributed by atoms with E-state index in [2.05, 4.69) is 5.32 Å². The molecule has 0 spiro atoms. The van der Waals surface area contributed by atoms with Crippen LogP contribution in [0, 0.1) is 13.8 Å². The van der Waals surface area contributed by atoms with Gasteiger partial charge in [-0.2, -0.15) is 0 Å². The minimum Gasteiger partial charge on any atom is -0.352 e. The van der Waals surface area contributed by atoms with Crippen LogP contribution >= 0.6 is 11.6 Å². The molecule has 186 valence electrons. The summed E-state index contributed by atoms with van der Waals surface area (Å²) in [5.74, 6) is -0.791. The van der Waals surface area contributed by atoms with E-state index in [1.54, 1.807) is 37.3 Å². The number of hydrogen-bond acceptors (Lipinski definition) is 4. The summed E-state index contributed by atoms with van der Waals surface area (Å²) >= 11 is 6.12. The summed E-state index contributed by atoms with van der Waals surface area (Å²) in [6.45, 7) is 8.87. The zero-order valence-corrected chi connectivity index (χ0v) is 22.2. The van der Waals surface area contributed by atoms with Crippen LogP contribution < -0.4 is 9.62 Å². The SMILES string of the molecule is CCC(C)NC(=O)C(C)N(Cc1cccc(Cl)c1)C(=O)CN(c1cccc(C)c1C)S(C)(=O)=O. The highest BCUT2D eigenvalue weighted by atomic mass is 35.5. The van der Waals surface area contributed by atoms with Crippen LogP contribution in [0.1, 0.15) is 43.9 Å². The molecule has 1 N–H and O–H groups in total. The van der Waals surface area contributed by atoms with Crippen molar-refractivity contribution in [3.05, 3.63) is 64.2 Å². The lowest BCUT2D eigenvalue weighted by atomic mass is 10.1. The summed E-state index contributed by atoms with van der Waals surface area (Å²) in [7, 11) is -3.77. The van der Waals surface area contributed by atoms with Crippen LogP contribution in [0.25, 0.3) is 0 Å². The van der Waals surface area contributed by atoms with Gasteiger partial charge in [0.05, 0.1) is 11.9 Å². The van der Waals surface area contributed by atoms with Gasteiger partial charge in [0.25, 0.3) is 0 Å². The highest BCUT2D eigenvalue weighted by Crippen LogP contribution is 2.25. The molecule has 0 aliphatic heterocycles. The maximum atomic E-state index is 13.6. The maximum absolute atomic E-state index is 13.6. The van der Waals surface area contributed by atoms with Gasteiger partial charge in [-0.1, -0.05) is 42.8 Å². The summed E-state index contributed by atoms with van der Waals surface area (Å²) in [6, 6.07) is 11.5. The van der Waals surface area contributed by atoms with Crippen LogP contribution in [-0.2, 0) is 26.2 Å². The summed E-state index contributed by atoms with van der Waals surface area (Å²) in [5, 5.41) is 3.41. The molecule has 0 saturated carbocycles.